The standard InChI is InChI=1S/C23H31N3O4/c1-4-13-29-20-12-11-19(15-21(20)30-14-5-2)26-23(28)24-16-22(27)25-17(3)18-9-7-6-8-10-18/h6-12,15,17H,4-5,13-14,16H2,1-3H3,(H,25,27)(H2,24,26,28)/t17-/m1/s1. The zero-order valence-electron chi connectivity index (χ0n) is 17.9. The molecule has 0 aromatic heterocycles. The molecule has 0 bridgehead atoms. The first kappa shape index (κ1) is 23.1. The Morgan fingerprint density at radius 3 is 2.27 bits per heavy atom. The molecule has 3 amide bonds. The molecule has 0 aliphatic heterocycles. The number of anilines is 1. The van der Waals surface area contributed by atoms with Crippen LogP contribution in [0.4, 0.5) is 10.5 Å². The smallest absolute Gasteiger partial charge is 0.319 e. The number of carbonyl (C=O) groups excluding carboxylic acids is 2. The Morgan fingerprint density at radius 2 is 1.60 bits per heavy atom. The number of hydrogen-bond donors (Lipinski definition) is 3. The summed E-state index contributed by atoms with van der Waals surface area (Å²) in [5.74, 6) is 0.958. The highest BCUT2D eigenvalue weighted by molar-refractivity contribution is 5.92. The predicted molar refractivity (Wildman–Crippen MR) is 118 cm³/mol. The summed E-state index contributed by atoms with van der Waals surface area (Å²) in [7, 11) is 0. The molecule has 3 N–H and O–H groups in total. The van der Waals surface area contributed by atoms with Crippen LogP contribution in [0.3, 0.4) is 0 Å². The van der Waals surface area contributed by atoms with E-state index in [0.717, 1.165) is 18.4 Å². The van der Waals surface area contributed by atoms with Crippen molar-refractivity contribution in [3.63, 3.8) is 0 Å². The van der Waals surface area contributed by atoms with Crippen LogP contribution in [0.5, 0.6) is 11.5 Å². The van der Waals surface area contributed by atoms with Gasteiger partial charge in [0.15, 0.2) is 11.5 Å². The second-order valence-electron chi connectivity index (χ2n) is 6.87. The summed E-state index contributed by atoms with van der Waals surface area (Å²) in [4.78, 5) is 24.3. The summed E-state index contributed by atoms with van der Waals surface area (Å²) in [5.41, 5.74) is 1.56. The van der Waals surface area contributed by atoms with Crippen molar-refractivity contribution in [1.29, 1.82) is 0 Å². The van der Waals surface area contributed by atoms with Gasteiger partial charge in [-0.25, -0.2) is 4.79 Å². The van der Waals surface area contributed by atoms with Gasteiger partial charge in [0.2, 0.25) is 5.91 Å². The molecule has 0 aliphatic rings. The molecule has 0 saturated carbocycles. The fourth-order valence-electron chi connectivity index (χ4n) is 2.70. The van der Waals surface area contributed by atoms with Crippen molar-refractivity contribution in [2.24, 2.45) is 0 Å². The van der Waals surface area contributed by atoms with E-state index in [1.807, 2.05) is 51.1 Å². The van der Waals surface area contributed by atoms with Crippen molar-refractivity contribution >= 4 is 17.6 Å². The summed E-state index contributed by atoms with van der Waals surface area (Å²) in [6.07, 6.45) is 1.75. The molecule has 30 heavy (non-hydrogen) atoms. The van der Waals surface area contributed by atoms with Crippen molar-refractivity contribution in [1.82, 2.24) is 10.6 Å². The average molecular weight is 414 g/mol. The van der Waals surface area contributed by atoms with Gasteiger partial charge in [-0.2, -0.15) is 0 Å². The van der Waals surface area contributed by atoms with Crippen LogP contribution in [0.2, 0.25) is 0 Å². The number of nitrogens with one attached hydrogen (secondary N) is 3. The summed E-state index contributed by atoms with van der Waals surface area (Å²) in [6.45, 7) is 6.97. The van der Waals surface area contributed by atoms with Crippen LogP contribution in [0, 0.1) is 0 Å². The molecule has 7 nitrogen and oxygen atoms in total. The molecule has 1 atom stereocenters. The number of ether oxygens (including phenoxy) is 2. The maximum atomic E-state index is 12.2. The van der Waals surface area contributed by atoms with E-state index in [-0.39, 0.29) is 18.5 Å². The fraction of sp³-hybridized carbons (Fsp3) is 0.391. The first-order valence-electron chi connectivity index (χ1n) is 10.3. The number of carbonyl (C=O) groups is 2. The van der Waals surface area contributed by atoms with E-state index in [9.17, 15) is 9.59 Å². The highest BCUT2D eigenvalue weighted by Crippen LogP contribution is 2.31. The third-order valence-corrected chi connectivity index (χ3v) is 4.21. The summed E-state index contributed by atoms with van der Waals surface area (Å²) < 4.78 is 11.4. The first-order valence-corrected chi connectivity index (χ1v) is 10.3. The monoisotopic (exact) mass is 413 g/mol. The van der Waals surface area contributed by atoms with Gasteiger partial charge in [-0.1, -0.05) is 44.2 Å². The van der Waals surface area contributed by atoms with Crippen molar-refractivity contribution in [2.75, 3.05) is 25.1 Å². The largest absolute Gasteiger partial charge is 0.490 e. The SMILES string of the molecule is CCCOc1ccc(NC(=O)NCC(=O)N[C@H](C)c2ccccc2)cc1OCCC. The van der Waals surface area contributed by atoms with Crippen LogP contribution < -0.4 is 25.4 Å². The minimum absolute atomic E-state index is 0.125. The summed E-state index contributed by atoms with van der Waals surface area (Å²) in [6, 6.07) is 14.3. The van der Waals surface area contributed by atoms with E-state index in [4.69, 9.17) is 9.47 Å². The van der Waals surface area contributed by atoms with Gasteiger partial charge >= 0.3 is 6.03 Å². The molecular formula is C23H31N3O4. The molecule has 7 heteroatoms. The van der Waals surface area contributed by atoms with Gasteiger partial charge in [0.1, 0.15) is 0 Å². The normalized spacial score (nSPS) is 11.3. The van der Waals surface area contributed by atoms with Gasteiger partial charge in [-0.15, -0.1) is 0 Å². The maximum Gasteiger partial charge on any atom is 0.319 e. The molecule has 2 rings (SSSR count). The van der Waals surface area contributed by atoms with Crippen LogP contribution in [-0.2, 0) is 4.79 Å². The minimum atomic E-state index is -0.471. The van der Waals surface area contributed by atoms with Crippen LogP contribution in [0.25, 0.3) is 0 Å². The lowest BCUT2D eigenvalue weighted by atomic mass is 10.1. The predicted octanol–water partition coefficient (Wildman–Crippen LogP) is 4.26. The molecule has 0 heterocycles. The second-order valence-corrected chi connectivity index (χ2v) is 6.87. The summed E-state index contributed by atoms with van der Waals surface area (Å²) >= 11 is 0. The Kier molecular flexibility index (Phi) is 9.51. The van der Waals surface area contributed by atoms with Crippen LogP contribution in [-0.4, -0.2) is 31.7 Å². The van der Waals surface area contributed by atoms with Crippen molar-refractivity contribution in [2.45, 2.75) is 39.7 Å². The highest BCUT2D eigenvalue weighted by Gasteiger charge is 2.12. The topological polar surface area (TPSA) is 88.7 Å². The average Bonchev–Trinajstić information content (AvgIpc) is 2.76. The third-order valence-electron chi connectivity index (χ3n) is 4.21. The van der Waals surface area contributed by atoms with Gasteiger partial charge in [0.25, 0.3) is 0 Å². The number of urea groups is 1. The Hall–Kier alpha value is -3.22. The van der Waals surface area contributed by atoms with Gasteiger partial charge < -0.3 is 25.4 Å². The van der Waals surface area contributed by atoms with Crippen LogP contribution in [0.1, 0.15) is 45.2 Å². The Labute approximate surface area is 178 Å². The van der Waals surface area contributed by atoms with E-state index >= 15 is 0 Å². The molecule has 0 aliphatic carbocycles. The van der Waals surface area contributed by atoms with E-state index in [1.165, 1.54) is 0 Å². The number of hydrogen-bond acceptors (Lipinski definition) is 4. The third kappa shape index (κ3) is 7.66. The van der Waals surface area contributed by atoms with Crippen LogP contribution >= 0.6 is 0 Å². The lowest BCUT2D eigenvalue weighted by molar-refractivity contribution is -0.120. The molecule has 0 spiro atoms. The van der Waals surface area contributed by atoms with Crippen molar-refractivity contribution < 1.29 is 19.1 Å². The first-order chi connectivity index (χ1) is 14.5. The fourth-order valence-corrected chi connectivity index (χ4v) is 2.70. The van der Waals surface area contributed by atoms with E-state index in [2.05, 4.69) is 16.0 Å². The minimum Gasteiger partial charge on any atom is -0.490 e. The van der Waals surface area contributed by atoms with Gasteiger partial charge in [-0.05, 0) is 37.5 Å². The van der Waals surface area contributed by atoms with Gasteiger partial charge in [0, 0.05) is 11.8 Å². The Bertz CT molecular complexity index is 811. The molecule has 162 valence electrons. The molecule has 2 aromatic rings. The van der Waals surface area contributed by atoms with E-state index in [1.54, 1.807) is 18.2 Å². The maximum absolute atomic E-state index is 12.2. The molecule has 0 fully saturated rings. The quantitative estimate of drug-likeness (QED) is 0.513. The number of rotatable bonds is 11. The van der Waals surface area contributed by atoms with Gasteiger partial charge in [0.05, 0.1) is 25.8 Å². The number of benzene rings is 2. The van der Waals surface area contributed by atoms with E-state index < -0.39 is 6.03 Å². The molecule has 0 saturated heterocycles. The van der Waals surface area contributed by atoms with Crippen molar-refractivity contribution in [3.05, 3.63) is 54.1 Å². The van der Waals surface area contributed by atoms with E-state index in [0.29, 0.717) is 30.4 Å². The molecular weight excluding hydrogens is 382 g/mol. The van der Waals surface area contributed by atoms with Crippen molar-refractivity contribution in [3.8, 4) is 11.5 Å². The van der Waals surface area contributed by atoms with Gasteiger partial charge in [-0.3, -0.25) is 4.79 Å². The van der Waals surface area contributed by atoms with Crippen LogP contribution in [0.15, 0.2) is 48.5 Å². The molecule has 0 radical (unpaired) electrons. The Morgan fingerprint density at radius 1 is 0.933 bits per heavy atom. The zero-order valence-corrected chi connectivity index (χ0v) is 17.9. The lowest BCUT2D eigenvalue weighted by Gasteiger charge is -2.15. The molecule has 0 unspecified atom stereocenters. The Balaban J connectivity index is 1.86. The zero-order chi connectivity index (χ0) is 21.8. The second kappa shape index (κ2) is 12.4. The summed E-state index contributed by atoms with van der Waals surface area (Å²) in [5, 5.41) is 8.14. The molecule has 2 aromatic carbocycles. The highest BCUT2D eigenvalue weighted by atomic mass is 16.5. The lowest BCUT2D eigenvalue weighted by Crippen LogP contribution is -2.39. The number of amides is 3.